The van der Waals surface area contributed by atoms with Crippen LogP contribution in [0.1, 0.15) is 6.92 Å². The zero-order chi connectivity index (χ0) is 6.73. The predicted molar refractivity (Wildman–Crippen MR) is 22.3 cm³/mol. The molecular weight excluding hydrogens is 113 g/mol. The van der Waals surface area contributed by atoms with Crippen LogP contribution >= 0.6 is 0 Å². The van der Waals surface area contributed by atoms with Crippen LogP contribution in [0.25, 0.3) is 0 Å². The number of halogens is 1. The van der Waals surface area contributed by atoms with Crippen molar-refractivity contribution in [1.82, 2.24) is 0 Å². The maximum Gasteiger partial charge on any atom is 0.156 e. The molecule has 3 nitrogen and oxygen atoms in total. The fourth-order valence-electron chi connectivity index (χ4n) is 0.188. The van der Waals surface area contributed by atoms with Crippen LogP contribution in [0, 0.1) is 0 Å². The molecule has 0 aromatic rings. The molecule has 2 atom stereocenters. The molecule has 48 valence electrons. The summed E-state index contributed by atoms with van der Waals surface area (Å²) in [6, 6.07) is -1.24. The summed E-state index contributed by atoms with van der Waals surface area (Å²) in [5, 5.41) is 9.73. The average molecular weight is 121 g/mol. The molecule has 0 amide bonds. The number of aliphatic carboxylic acids is 1. The van der Waals surface area contributed by atoms with Gasteiger partial charge in [-0.1, -0.05) is 0 Å². The molecule has 8 heavy (non-hydrogen) atoms. The molecule has 0 aromatic heterocycles. The Balaban J connectivity index is 3.64. The Hall–Kier alpha value is -0.640. The fourth-order valence-corrected chi connectivity index (χ4v) is 0.188. The second-order valence-electron chi connectivity index (χ2n) is 1.60. The minimum Gasteiger partial charge on any atom is -0.544 e. The molecule has 0 aromatic carbocycles. The van der Waals surface area contributed by atoms with Crippen LogP contribution in [0.3, 0.4) is 0 Å². The maximum absolute atomic E-state index is 11.9. The van der Waals surface area contributed by atoms with Crippen LogP contribution in [0.2, 0.25) is 0 Å². The van der Waals surface area contributed by atoms with Gasteiger partial charge in [-0.15, -0.1) is 0 Å². The van der Waals surface area contributed by atoms with E-state index in [1.165, 1.54) is 0 Å². The van der Waals surface area contributed by atoms with Gasteiger partial charge in [-0.3, -0.25) is 0 Å². The molecule has 0 saturated heterocycles. The molecule has 0 aliphatic heterocycles. The summed E-state index contributed by atoms with van der Waals surface area (Å²) in [7, 11) is 0. The Kier molecular flexibility index (Phi) is 2.41. The predicted octanol–water partition coefficient (Wildman–Crippen LogP) is -2.30. The van der Waals surface area contributed by atoms with Crippen molar-refractivity contribution in [1.29, 1.82) is 0 Å². The number of carboxylic acids is 1. The third kappa shape index (κ3) is 1.88. The van der Waals surface area contributed by atoms with E-state index in [0.29, 0.717) is 0 Å². The largest absolute Gasteiger partial charge is 0.544 e. The Morgan fingerprint density at radius 3 is 2.25 bits per heavy atom. The van der Waals surface area contributed by atoms with Gasteiger partial charge in [0.1, 0.15) is 5.97 Å². The van der Waals surface area contributed by atoms with E-state index in [0.717, 1.165) is 6.92 Å². The van der Waals surface area contributed by atoms with Crippen molar-refractivity contribution < 1.29 is 20.0 Å². The highest BCUT2D eigenvalue weighted by Crippen LogP contribution is 1.89. The van der Waals surface area contributed by atoms with E-state index in [4.69, 9.17) is 0 Å². The molecule has 0 spiro atoms. The van der Waals surface area contributed by atoms with Gasteiger partial charge in [-0.2, -0.15) is 0 Å². The van der Waals surface area contributed by atoms with Crippen LogP contribution in [0.15, 0.2) is 0 Å². The van der Waals surface area contributed by atoms with E-state index >= 15 is 0 Å². The van der Waals surface area contributed by atoms with Gasteiger partial charge in [0.25, 0.3) is 0 Å². The van der Waals surface area contributed by atoms with E-state index in [1.807, 2.05) is 0 Å². The third-order valence-corrected chi connectivity index (χ3v) is 0.857. The van der Waals surface area contributed by atoms with E-state index in [9.17, 15) is 14.3 Å². The number of alkyl halides is 1. The van der Waals surface area contributed by atoms with Crippen molar-refractivity contribution in [3.8, 4) is 0 Å². The quantitative estimate of drug-likeness (QED) is 0.446. The number of carbonyl (C=O) groups excluding carboxylic acids is 1. The lowest BCUT2D eigenvalue weighted by Gasteiger charge is -2.08. The van der Waals surface area contributed by atoms with Crippen LogP contribution in [-0.4, -0.2) is 18.2 Å². The first-order valence-corrected chi connectivity index (χ1v) is 2.23. The third-order valence-electron chi connectivity index (χ3n) is 0.857. The second-order valence-corrected chi connectivity index (χ2v) is 1.60. The number of rotatable bonds is 2. The maximum atomic E-state index is 11.9. The summed E-state index contributed by atoms with van der Waals surface area (Å²) in [6.07, 6.45) is -1.43. The van der Waals surface area contributed by atoms with Crippen molar-refractivity contribution in [2.75, 3.05) is 0 Å². The fraction of sp³-hybridized carbons (Fsp3) is 0.750. The summed E-state index contributed by atoms with van der Waals surface area (Å²) < 4.78 is 11.9. The lowest BCUT2D eigenvalue weighted by Crippen LogP contribution is -2.71. The lowest BCUT2D eigenvalue weighted by atomic mass is 10.2. The first-order valence-electron chi connectivity index (χ1n) is 2.23. The molecule has 0 unspecified atom stereocenters. The van der Waals surface area contributed by atoms with Crippen molar-refractivity contribution in [2.45, 2.75) is 19.1 Å². The van der Waals surface area contributed by atoms with Crippen LogP contribution in [0.5, 0.6) is 0 Å². The molecule has 0 radical (unpaired) electrons. The summed E-state index contributed by atoms with van der Waals surface area (Å²) in [5.41, 5.74) is 3.00. The normalized spacial score (nSPS) is 17.4. The highest BCUT2D eigenvalue weighted by Gasteiger charge is 2.14. The van der Waals surface area contributed by atoms with Crippen molar-refractivity contribution >= 4 is 5.97 Å². The first kappa shape index (κ1) is 7.36. The van der Waals surface area contributed by atoms with E-state index < -0.39 is 18.2 Å². The summed E-state index contributed by atoms with van der Waals surface area (Å²) in [5.74, 6) is -1.44. The van der Waals surface area contributed by atoms with Gasteiger partial charge < -0.3 is 15.6 Å². The second kappa shape index (κ2) is 2.61. The number of hydrogen-bond acceptors (Lipinski definition) is 2. The number of hydrogen-bond donors (Lipinski definition) is 1. The summed E-state index contributed by atoms with van der Waals surface area (Å²) in [4.78, 5) is 9.73. The highest BCUT2D eigenvalue weighted by molar-refractivity contribution is 5.69. The zero-order valence-corrected chi connectivity index (χ0v) is 4.56. The molecule has 0 bridgehead atoms. The average Bonchev–Trinajstić information content (AvgIpc) is 1.64. The van der Waals surface area contributed by atoms with Gasteiger partial charge in [-0.05, 0) is 6.92 Å². The van der Waals surface area contributed by atoms with E-state index in [1.54, 1.807) is 0 Å². The smallest absolute Gasteiger partial charge is 0.156 e. The van der Waals surface area contributed by atoms with Crippen molar-refractivity contribution in [2.24, 2.45) is 0 Å². The van der Waals surface area contributed by atoms with Gasteiger partial charge in [0, 0.05) is 0 Å². The summed E-state index contributed by atoms with van der Waals surface area (Å²) in [6.45, 7) is 1.13. The number of quaternary nitrogens is 1. The van der Waals surface area contributed by atoms with Gasteiger partial charge >= 0.3 is 0 Å². The van der Waals surface area contributed by atoms with Gasteiger partial charge in [0.05, 0.1) is 0 Å². The van der Waals surface area contributed by atoms with Gasteiger partial charge in [0.2, 0.25) is 0 Å². The monoisotopic (exact) mass is 121 g/mol. The molecule has 0 saturated carbocycles. The van der Waals surface area contributed by atoms with Gasteiger partial charge in [0.15, 0.2) is 12.2 Å². The minimum absolute atomic E-state index is 1.13. The van der Waals surface area contributed by atoms with Crippen LogP contribution < -0.4 is 10.8 Å². The summed E-state index contributed by atoms with van der Waals surface area (Å²) >= 11 is 0. The van der Waals surface area contributed by atoms with Crippen LogP contribution in [0.4, 0.5) is 4.39 Å². The van der Waals surface area contributed by atoms with E-state index in [2.05, 4.69) is 5.73 Å². The van der Waals surface area contributed by atoms with Crippen molar-refractivity contribution in [3.05, 3.63) is 0 Å². The standard InChI is InChI=1S/C4H8FNO2/c1-2(5)3(6)4(7)8/h2-3H,6H2,1H3,(H,7,8)/t2-,3-/m1/s1. The molecular formula is C4H8FNO2. The molecule has 0 aliphatic rings. The minimum atomic E-state index is -1.44. The molecule has 3 N–H and O–H groups in total. The van der Waals surface area contributed by atoms with Crippen molar-refractivity contribution in [3.63, 3.8) is 0 Å². The van der Waals surface area contributed by atoms with E-state index in [-0.39, 0.29) is 0 Å². The Bertz CT molecular complexity index is 94.0. The first-order chi connectivity index (χ1) is 3.55. The number of carbonyl (C=O) groups is 1. The molecule has 0 heterocycles. The van der Waals surface area contributed by atoms with Crippen LogP contribution in [-0.2, 0) is 4.79 Å². The van der Waals surface area contributed by atoms with Gasteiger partial charge in [-0.25, -0.2) is 4.39 Å². The topological polar surface area (TPSA) is 67.8 Å². The lowest BCUT2D eigenvalue weighted by molar-refractivity contribution is -0.446. The Labute approximate surface area is 46.3 Å². The molecule has 4 heteroatoms. The highest BCUT2D eigenvalue weighted by atomic mass is 19.1. The Morgan fingerprint density at radius 2 is 2.25 bits per heavy atom. The molecule has 0 fully saturated rings. The SMILES string of the molecule is C[C@@H](F)[C@@H]([NH3+])C(=O)[O-]. The molecule has 0 aliphatic carbocycles. The number of carboxylic acid groups (broad SMARTS) is 1. The zero-order valence-electron chi connectivity index (χ0n) is 4.56. The Morgan fingerprint density at radius 1 is 1.88 bits per heavy atom. The molecule has 0 rings (SSSR count).